The summed E-state index contributed by atoms with van der Waals surface area (Å²) < 4.78 is 2.35. The standard InChI is InChI=1S/C17H27N3/c1-14(2)12-18-13-15-5-6-16-7-8-20(17(16)11-15)10-9-19(3)4/h5-8,11,14,18H,9-10,12-13H2,1-4H3. The van der Waals surface area contributed by atoms with Crippen LogP contribution in [0.25, 0.3) is 10.9 Å². The molecule has 0 spiro atoms. The van der Waals surface area contributed by atoms with E-state index < -0.39 is 0 Å². The zero-order valence-electron chi connectivity index (χ0n) is 13.2. The molecule has 0 fully saturated rings. The maximum absolute atomic E-state index is 3.51. The zero-order valence-corrected chi connectivity index (χ0v) is 13.2. The molecule has 0 aliphatic rings. The Hall–Kier alpha value is -1.32. The number of likely N-dealkylation sites (N-methyl/N-ethyl adjacent to an activating group) is 1. The summed E-state index contributed by atoms with van der Waals surface area (Å²) in [5.74, 6) is 0.697. The fourth-order valence-corrected chi connectivity index (χ4v) is 2.35. The molecule has 1 N–H and O–H groups in total. The third kappa shape index (κ3) is 4.09. The molecule has 2 rings (SSSR count). The van der Waals surface area contributed by atoms with Crippen molar-refractivity contribution >= 4 is 10.9 Å². The topological polar surface area (TPSA) is 20.2 Å². The summed E-state index contributed by atoms with van der Waals surface area (Å²) in [5.41, 5.74) is 2.71. The van der Waals surface area contributed by atoms with Crippen LogP contribution in [0.2, 0.25) is 0 Å². The van der Waals surface area contributed by atoms with Gasteiger partial charge in [0.15, 0.2) is 0 Å². The Kier molecular flexibility index (Phi) is 5.21. The van der Waals surface area contributed by atoms with Crippen molar-refractivity contribution in [1.29, 1.82) is 0 Å². The molecule has 0 saturated heterocycles. The van der Waals surface area contributed by atoms with Gasteiger partial charge in [-0.2, -0.15) is 0 Å². The van der Waals surface area contributed by atoms with E-state index in [0.29, 0.717) is 5.92 Å². The van der Waals surface area contributed by atoms with E-state index in [1.54, 1.807) is 0 Å². The number of fused-ring (bicyclic) bond motifs is 1. The van der Waals surface area contributed by atoms with E-state index in [1.807, 2.05) is 0 Å². The first kappa shape index (κ1) is 15.1. The van der Waals surface area contributed by atoms with Gasteiger partial charge in [-0.3, -0.25) is 0 Å². The van der Waals surface area contributed by atoms with Crippen molar-refractivity contribution in [3.05, 3.63) is 36.0 Å². The molecule has 1 heterocycles. The van der Waals surface area contributed by atoms with Crippen molar-refractivity contribution in [2.75, 3.05) is 27.2 Å². The summed E-state index contributed by atoms with van der Waals surface area (Å²) in [6.07, 6.45) is 2.19. The molecular formula is C17H27N3. The van der Waals surface area contributed by atoms with Gasteiger partial charge in [0.25, 0.3) is 0 Å². The number of aromatic nitrogens is 1. The van der Waals surface area contributed by atoms with Gasteiger partial charge in [-0.05, 0) is 49.6 Å². The fourth-order valence-electron chi connectivity index (χ4n) is 2.35. The number of hydrogen-bond acceptors (Lipinski definition) is 2. The van der Waals surface area contributed by atoms with Gasteiger partial charge in [-0.1, -0.05) is 26.0 Å². The highest BCUT2D eigenvalue weighted by molar-refractivity contribution is 5.80. The molecule has 0 atom stereocenters. The number of rotatable bonds is 7. The monoisotopic (exact) mass is 273 g/mol. The Balaban J connectivity index is 2.08. The highest BCUT2D eigenvalue weighted by atomic mass is 15.1. The Morgan fingerprint density at radius 2 is 2.00 bits per heavy atom. The molecule has 110 valence electrons. The van der Waals surface area contributed by atoms with E-state index >= 15 is 0 Å². The average Bonchev–Trinajstić information content (AvgIpc) is 2.78. The molecule has 1 aromatic heterocycles. The highest BCUT2D eigenvalue weighted by Gasteiger charge is 2.03. The van der Waals surface area contributed by atoms with Crippen LogP contribution in [0.3, 0.4) is 0 Å². The van der Waals surface area contributed by atoms with Gasteiger partial charge in [-0.25, -0.2) is 0 Å². The summed E-state index contributed by atoms with van der Waals surface area (Å²) in [6, 6.07) is 8.98. The van der Waals surface area contributed by atoms with Crippen LogP contribution in [0.5, 0.6) is 0 Å². The summed E-state index contributed by atoms with van der Waals surface area (Å²) >= 11 is 0. The van der Waals surface area contributed by atoms with Crippen molar-refractivity contribution in [3.8, 4) is 0 Å². The molecule has 0 aliphatic carbocycles. The molecule has 0 bridgehead atoms. The van der Waals surface area contributed by atoms with Crippen LogP contribution < -0.4 is 5.32 Å². The lowest BCUT2D eigenvalue weighted by molar-refractivity contribution is 0.387. The Morgan fingerprint density at radius 1 is 1.20 bits per heavy atom. The predicted octanol–water partition coefficient (Wildman–Crippen LogP) is 2.95. The van der Waals surface area contributed by atoms with Crippen LogP contribution in [0, 0.1) is 5.92 Å². The molecule has 0 unspecified atom stereocenters. The van der Waals surface area contributed by atoms with E-state index in [4.69, 9.17) is 0 Å². The second-order valence-electron chi connectivity index (χ2n) is 6.23. The molecule has 1 aromatic carbocycles. The van der Waals surface area contributed by atoms with Crippen molar-refractivity contribution in [3.63, 3.8) is 0 Å². The lowest BCUT2D eigenvalue weighted by atomic mass is 10.1. The largest absolute Gasteiger partial charge is 0.346 e. The molecule has 0 radical (unpaired) electrons. The molecule has 3 nitrogen and oxygen atoms in total. The Labute approximate surface area is 122 Å². The fraction of sp³-hybridized carbons (Fsp3) is 0.529. The van der Waals surface area contributed by atoms with E-state index in [2.05, 4.69) is 73.2 Å². The number of benzene rings is 1. The number of hydrogen-bond donors (Lipinski definition) is 1. The van der Waals surface area contributed by atoms with E-state index in [9.17, 15) is 0 Å². The Morgan fingerprint density at radius 3 is 2.70 bits per heavy atom. The Bertz CT molecular complexity index is 540. The second-order valence-corrected chi connectivity index (χ2v) is 6.23. The summed E-state index contributed by atoms with van der Waals surface area (Å²) in [5, 5.41) is 4.84. The second kappa shape index (κ2) is 6.91. The van der Waals surface area contributed by atoms with Crippen LogP contribution in [-0.2, 0) is 13.1 Å². The molecule has 2 aromatic rings. The van der Waals surface area contributed by atoms with Gasteiger partial charge in [0.2, 0.25) is 0 Å². The molecule has 0 aliphatic heterocycles. The number of nitrogens with one attached hydrogen (secondary N) is 1. The van der Waals surface area contributed by atoms with Crippen molar-refractivity contribution in [2.24, 2.45) is 5.92 Å². The summed E-state index contributed by atoms with van der Waals surface area (Å²) in [6.45, 7) is 8.61. The van der Waals surface area contributed by atoms with Crippen molar-refractivity contribution < 1.29 is 0 Å². The van der Waals surface area contributed by atoms with E-state index in [-0.39, 0.29) is 0 Å². The molecule has 0 saturated carbocycles. The highest BCUT2D eigenvalue weighted by Crippen LogP contribution is 2.17. The third-order valence-electron chi connectivity index (χ3n) is 3.51. The van der Waals surface area contributed by atoms with Crippen LogP contribution in [0.1, 0.15) is 19.4 Å². The van der Waals surface area contributed by atoms with Crippen molar-refractivity contribution in [2.45, 2.75) is 26.9 Å². The van der Waals surface area contributed by atoms with Crippen LogP contribution in [0.4, 0.5) is 0 Å². The van der Waals surface area contributed by atoms with Crippen LogP contribution in [0.15, 0.2) is 30.5 Å². The smallest absolute Gasteiger partial charge is 0.0483 e. The number of nitrogens with zero attached hydrogens (tertiary/aromatic N) is 2. The van der Waals surface area contributed by atoms with Crippen LogP contribution >= 0.6 is 0 Å². The van der Waals surface area contributed by atoms with Gasteiger partial charge >= 0.3 is 0 Å². The first-order chi connectivity index (χ1) is 9.56. The quantitative estimate of drug-likeness (QED) is 0.837. The third-order valence-corrected chi connectivity index (χ3v) is 3.51. The van der Waals surface area contributed by atoms with Gasteiger partial charge in [0, 0.05) is 31.3 Å². The minimum Gasteiger partial charge on any atom is -0.346 e. The van der Waals surface area contributed by atoms with Crippen molar-refractivity contribution in [1.82, 2.24) is 14.8 Å². The van der Waals surface area contributed by atoms with E-state index in [0.717, 1.165) is 26.2 Å². The summed E-state index contributed by atoms with van der Waals surface area (Å²) in [4.78, 5) is 2.22. The predicted molar refractivity (Wildman–Crippen MR) is 87.0 cm³/mol. The maximum atomic E-state index is 3.51. The molecule has 0 amide bonds. The van der Waals surface area contributed by atoms with Gasteiger partial charge in [0.05, 0.1) is 0 Å². The molecule has 3 heteroatoms. The summed E-state index contributed by atoms with van der Waals surface area (Å²) in [7, 11) is 4.24. The first-order valence-electron chi connectivity index (χ1n) is 7.49. The lowest BCUT2D eigenvalue weighted by Crippen LogP contribution is -2.19. The zero-order chi connectivity index (χ0) is 14.5. The first-order valence-corrected chi connectivity index (χ1v) is 7.49. The molecule has 20 heavy (non-hydrogen) atoms. The maximum Gasteiger partial charge on any atom is 0.0483 e. The van der Waals surface area contributed by atoms with Gasteiger partial charge in [0.1, 0.15) is 0 Å². The van der Waals surface area contributed by atoms with Gasteiger partial charge < -0.3 is 14.8 Å². The lowest BCUT2D eigenvalue weighted by Gasteiger charge is -2.12. The van der Waals surface area contributed by atoms with E-state index in [1.165, 1.54) is 16.5 Å². The van der Waals surface area contributed by atoms with Crippen LogP contribution in [-0.4, -0.2) is 36.7 Å². The SMILES string of the molecule is CC(C)CNCc1ccc2ccn(CCN(C)C)c2c1. The van der Waals surface area contributed by atoms with Gasteiger partial charge in [-0.15, -0.1) is 0 Å². The minimum atomic E-state index is 0.697. The normalized spacial score (nSPS) is 11.9. The molecular weight excluding hydrogens is 246 g/mol. The minimum absolute atomic E-state index is 0.697. The average molecular weight is 273 g/mol.